The Bertz CT molecular complexity index is 339. The highest BCUT2D eigenvalue weighted by molar-refractivity contribution is 5.23. The maximum Gasteiger partial charge on any atom is 0.00431 e. The van der Waals surface area contributed by atoms with Crippen molar-refractivity contribution in [3.8, 4) is 0 Å². The van der Waals surface area contributed by atoms with Gasteiger partial charge in [0.25, 0.3) is 0 Å². The maximum absolute atomic E-state index is 3.62. The molecule has 1 unspecified atom stereocenters. The van der Waals surface area contributed by atoms with E-state index >= 15 is 0 Å². The first-order valence-corrected chi connectivity index (χ1v) is 7.15. The van der Waals surface area contributed by atoms with Gasteiger partial charge in [0, 0.05) is 12.0 Å². The van der Waals surface area contributed by atoms with Gasteiger partial charge in [-0.05, 0) is 44.0 Å². The van der Waals surface area contributed by atoms with E-state index in [1.807, 2.05) is 0 Å². The summed E-state index contributed by atoms with van der Waals surface area (Å²) in [4.78, 5) is 0. The zero-order valence-electron chi connectivity index (χ0n) is 11.7. The molecular formula is C16H26N2. The molecule has 1 heterocycles. The third kappa shape index (κ3) is 3.82. The van der Waals surface area contributed by atoms with Gasteiger partial charge in [-0.25, -0.2) is 0 Å². The molecule has 0 radical (unpaired) electrons. The van der Waals surface area contributed by atoms with Crippen LogP contribution in [0.2, 0.25) is 0 Å². The molecule has 1 aliphatic rings. The molecule has 0 aliphatic carbocycles. The third-order valence-electron chi connectivity index (χ3n) is 4.01. The Morgan fingerprint density at radius 2 is 2.06 bits per heavy atom. The molecule has 1 aromatic rings. The monoisotopic (exact) mass is 246 g/mol. The Labute approximate surface area is 111 Å². The van der Waals surface area contributed by atoms with E-state index in [-0.39, 0.29) is 5.41 Å². The number of benzene rings is 1. The fourth-order valence-electron chi connectivity index (χ4n) is 2.66. The Kier molecular flexibility index (Phi) is 4.79. The summed E-state index contributed by atoms with van der Waals surface area (Å²) in [5.74, 6) is 0.886. The highest BCUT2D eigenvalue weighted by atomic mass is 14.9. The molecule has 1 aromatic carbocycles. The lowest BCUT2D eigenvalue weighted by Gasteiger charge is -2.26. The van der Waals surface area contributed by atoms with Crippen LogP contribution in [0.4, 0.5) is 0 Å². The van der Waals surface area contributed by atoms with E-state index in [0.717, 1.165) is 19.0 Å². The van der Waals surface area contributed by atoms with Crippen LogP contribution in [-0.2, 0) is 5.41 Å². The van der Waals surface area contributed by atoms with Gasteiger partial charge in [0.2, 0.25) is 0 Å². The molecule has 1 aliphatic heterocycles. The van der Waals surface area contributed by atoms with Crippen molar-refractivity contribution in [3.63, 3.8) is 0 Å². The molecular weight excluding hydrogens is 220 g/mol. The van der Waals surface area contributed by atoms with Gasteiger partial charge in [-0.2, -0.15) is 0 Å². The molecule has 1 saturated heterocycles. The fourth-order valence-corrected chi connectivity index (χ4v) is 2.66. The minimum atomic E-state index is 0.217. The molecule has 0 bridgehead atoms. The second kappa shape index (κ2) is 6.35. The van der Waals surface area contributed by atoms with E-state index < -0.39 is 0 Å². The van der Waals surface area contributed by atoms with Crippen LogP contribution in [-0.4, -0.2) is 26.2 Å². The van der Waals surface area contributed by atoms with E-state index in [0.29, 0.717) is 0 Å². The van der Waals surface area contributed by atoms with Crippen molar-refractivity contribution in [2.45, 2.75) is 32.1 Å². The van der Waals surface area contributed by atoms with Crippen molar-refractivity contribution < 1.29 is 0 Å². The van der Waals surface area contributed by atoms with Crippen LogP contribution in [0.1, 0.15) is 32.3 Å². The van der Waals surface area contributed by atoms with Gasteiger partial charge in [-0.1, -0.05) is 44.2 Å². The van der Waals surface area contributed by atoms with Crippen LogP contribution < -0.4 is 10.6 Å². The molecule has 2 nitrogen and oxygen atoms in total. The molecule has 0 amide bonds. The van der Waals surface area contributed by atoms with Gasteiger partial charge in [-0.3, -0.25) is 0 Å². The average molecular weight is 246 g/mol. The van der Waals surface area contributed by atoms with E-state index in [9.17, 15) is 0 Å². The van der Waals surface area contributed by atoms with Crippen molar-refractivity contribution in [3.05, 3.63) is 35.9 Å². The van der Waals surface area contributed by atoms with Gasteiger partial charge in [-0.15, -0.1) is 0 Å². The molecule has 0 aromatic heterocycles. The van der Waals surface area contributed by atoms with Crippen molar-refractivity contribution >= 4 is 0 Å². The van der Waals surface area contributed by atoms with Crippen LogP contribution in [0.25, 0.3) is 0 Å². The Hall–Kier alpha value is -0.860. The predicted octanol–water partition coefficient (Wildman–Crippen LogP) is 2.55. The summed E-state index contributed by atoms with van der Waals surface area (Å²) in [6.45, 7) is 9.24. The first-order chi connectivity index (χ1) is 8.68. The quantitative estimate of drug-likeness (QED) is 0.754. The smallest absolute Gasteiger partial charge is 0.00431 e. The highest BCUT2D eigenvalue weighted by Crippen LogP contribution is 2.21. The van der Waals surface area contributed by atoms with Crippen LogP contribution in [0.5, 0.6) is 0 Å². The van der Waals surface area contributed by atoms with Gasteiger partial charge in [0.1, 0.15) is 0 Å². The molecule has 1 fully saturated rings. The summed E-state index contributed by atoms with van der Waals surface area (Å²) in [6, 6.07) is 10.8. The first kappa shape index (κ1) is 13.6. The number of hydrogen-bond acceptors (Lipinski definition) is 2. The second-order valence-electron chi connectivity index (χ2n) is 6.07. The zero-order valence-corrected chi connectivity index (χ0v) is 11.7. The predicted molar refractivity (Wildman–Crippen MR) is 77.9 cm³/mol. The Morgan fingerprint density at radius 3 is 2.72 bits per heavy atom. The van der Waals surface area contributed by atoms with Crippen LogP contribution in [0.3, 0.4) is 0 Å². The van der Waals surface area contributed by atoms with Crippen molar-refractivity contribution in [2.24, 2.45) is 5.92 Å². The summed E-state index contributed by atoms with van der Waals surface area (Å²) in [5.41, 5.74) is 1.63. The molecule has 2 rings (SSSR count). The summed E-state index contributed by atoms with van der Waals surface area (Å²) >= 11 is 0. The minimum Gasteiger partial charge on any atom is -0.316 e. The summed E-state index contributed by atoms with van der Waals surface area (Å²) < 4.78 is 0. The SMILES string of the molecule is CC(C)(CNCCC1CCNC1)c1ccccc1. The van der Waals surface area contributed by atoms with Crippen LogP contribution in [0.15, 0.2) is 30.3 Å². The van der Waals surface area contributed by atoms with E-state index in [1.54, 1.807) is 0 Å². The minimum absolute atomic E-state index is 0.217. The fraction of sp³-hybridized carbons (Fsp3) is 0.625. The van der Waals surface area contributed by atoms with Gasteiger partial charge in [0.15, 0.2) is 0 Å². The topological polar surface area (TPSA) is 24.1 Å². The van der Waals surface area contributed by atoms with Gasteiger partial charge < -0.3 is 10.6 Å². The normalized spacial score (nSPS) is 20.2. The lowest BCUT2D eigenvalue weighted by molar-refractivity contribution is 0.437. The standard InChI is InChI=1S/C16H26N2/c1-16(2,15-6-4-3-5-7-15)13-18-11-9-14-8-10-17-12-14/h3-7,14,17-18H,8-13H2,1-2H3. The lowest BCUT2D eigenvalue weighted by Crippen LogP contribution is -2.34. The highest BCUT2D eigenvalue weighted by Gasteiger charge is 2.20. The number of rotatable bonds is 6. The molecule has 0 saturated carbocycles. The summed E-state index contributed by atoms with van der Waals surface area (Å²) in [6.07, 6.45) is 2.65. The van der Waals surface area contributed by atoms with E-state index in [4.69, 9.17) is 0 Å². The number of nitrogens with one attached hydrogen (secondary N) is 2. The summed E-state index contributed by atoms with van der Waals surface area (Å²) in [5, 5.41) is 7.05. The van der Waals surface area contributed by atoms with E-state index in [1.165, 1.54) is 31.5 Å². The molecule has 1 atom stereocenters. The molecule has 18 heavy (non-hydrogen) atoms. The van der Waals surface area contributed by atoms with Crippen LogP contribution in [0, 0.1) is 5.92 Å². The molecule has 2 heteroatoms. The lowest BCUT2D eigenvalue weighted by atomic mass is 9.84. The second-order valence-corrected chi connectivity index (χ2v) is 6.07. The molecule has 100 valence electrons. The largest absolute Gasteiger partial charge is 0.316 e. The van der Waals surface area contributed by atoms with Crippen molar-refractivity contribution in [1.29, 1.82) is 0 Å². The third-order valence-corrected chi connectivity index (χ3v) is 4.01. The molecule has 0 spiro atoms. The van der Waals surface area contributed by atoms with Crippen LogP contribution >= 0.6 is 0 Å². The van der Waals surface area contributed by atoms with Crippen molar-refractivity contribution in [1.82, 2.24) is 10.6 Å². The van der Waals surface area contributed by atoms with E-state index in [2.05, 4.69) is 54.8 Å². The molecule has 2 N–H and O–H groups in total. The average Bonchev–Trinajstić information content (AvgIpc) is 2.89. The number of hydrogen-bond donors (Lipinski definition) is 2. The Balaban J connectivity index is 1.71. The van der Waals surface area contributed by atoms with Gasteiger partial charge in [0.05, 0.1) is 0 Å². The Morgan fingerprint density at radius 1 is 1.28 bits per heavy atom. The van der Waals surface area contributed by atoms with Gasteiger partial charge >= 0.3 is 0 Å². The summed E-state index contributed by atoms with van der Waals surface area (Å²) in [7, 11) is 0. The first-order valence-electron chi connectivity index (χ1n) is 7.15. The van der Waals surface area contributed by atoms with Crippen molar-refractivity contribution in [2.75, 3.05) is 26.2 Å². The zero-order chi connectivity index (χ0) is 12.8. The maximum atomic E-state index is 3.62.